The topological polar surface area (TPSA) is 26.3 Å². The zero-order valence-corrected chi connectivity index (χ0v) is 11.5. The molecular formula is C16H13FO2S. The molecule has 2 aromatic carbocycles. The minimum absolute atomic E-state index is 0.293. The van der Waals surface area contributed by atoms with E-state index in [9.17, 15) is 9.18 Å². The first kappa shape index (κ1) is 13.2. The Balaban J connectivity index is 1.72. The maximum Gasteiger partial charge on any atom is 0.150 e. The van der Waals surface area contributed by atoms with Crippen molar-refractivity contribution in [1.82, 2.24) is 0 Å². The molecule has 0 fully saturated rings. The highest BCUT2D eigenvalue weighted by Gasteiger charge is 2.23. The number of halogens is 1. The van der Waals surface area contributed by atoms with Crippen LogP contribution in [0.1, 0.15) is 21.8 Å². The van der Waals surface area contributed by atoms with Crippen LogP contribution in [0, 0.1) is 5.82 Å². The molecule has 20 heavy (non-hydrogen) atoms. The summed E-state index contributed by atoms with van der Waals surface area (Å²) < 4.78 is 19.0. The molecule has 1 heterocycles. The molecule has 0 bridgehead atoms. The van der Waals surface area contributed by atoms with Gasteiger partial charge in [0.05, 0.1) is 6.61 Å². The molecule has 2 aromatic rings. The molecule has 4 heteroatoms. The van der Waals surface area contributed by atoms with Crippen molar-refractivity contribution < 1.29 is 13.9 Å². The van der Waals surface area contributed by atoms with Gasteiger partial charge in [-0.3, -0.25) is 4.79 Å². The minimum atomic E-state index is -0.453. The van der Waals surface area contributed by atoms with Crippen molar-refractivity contribution in [2.45, 2.75) is 10.8 Å². The Morgan fingerprint density at radius 3 is 3.00 bits per heavy atom. The third-order valence-corrected chi connectivity index (χ3v) is 4.53. The second kappa shape index (κ2) is 5.67. The molecular weight excluding hydrogens is 275 g/mol. The third kappa shape index (κ3) is 2.70. The van der Waals surface area contributed by atoms with Crippen molar-refractivity contribution >= 4 is 18.0 Å². The van der Waals surface area contributed by atoms with Crippen molar-refractivity contribution in [2.75, 3.05) is 12.4 Å². The standard InChI is InChI=1S/C16H13FO2S/c17-13-5-11(8-18)6-14(7-13)19-9-12-10-20-16-4-2-1-3-15(12)16/h1-8,12H,9-10H2. The second-order valence-electron chi connectivity index (χ2n) is 4.69. The SMILES string of the molecule is O=Cc1cc(F)cc(OCC2CSc3ccccc32)c1. The van der Waals surface area contributed by atoms with Crippen LogP contribution in [-0.4, -0.2) is 18.6 Å². The first-order chi connectivity index (χ1) is 9.76. The summed E-state index contributed by atoms with van der Waals surface area (Å²) in [6, 6.07) is 12.3. The summed E-state index contributed by atoms with van der Waals surface area (Å²) >= 11 is 1.81. The Bertz CT molecular complexity index is 642. The van der Waals surface area contributed by atoms with Gasteiger partial charge in [0.15, 0.2) is 0 Å². The predicted molar refractivity (Wildman–Crippen MR) is 77.2 cm³/mol. The van der Waals surface area contributed by atoms with Crippen LogP contribution in [0.15, 0.2) is 47.4 Å². The lowest BCUT2D eigenvalue weighted by Gasteiger charge is -2.13. The summed E-state index contributed by atoms with van der Waals surface area (Å²) in [7, 11) is 0. The fourth-order valence-electron chi connectivity index (χ4n) is 2.30. The average Bonchev–Trinajstić information content (AvgIpc) is 2.88. The van der Waals surface area contributed by atoms with Crippen LogP contribution in [0.25, 0.3) is 0 Å². The van der Waals surface area contributed by atoms with Gasteiger partial charge in [0.25, 0.3) is 0 Å². The molecule has 0 aromatic heterocycles. The van der Waals surface area contributed by atoms with Gasteiger partial charge in [-0.05, 0) is 23.8 Å². The Kier molecular flexibility index (Phi) is 3.74. The number of fused-ring (bicyclic) bond motifs is 1. The number of carbonyl (C=O) groups excluding carboxylic acids is 1. The molecule has 1 aliphatic rings. The lowest BCUT2D eigenvalue weighted by molar-refractivity contribution is 0.112. The van der Waals surface area contributed by atoms with E-state index in [0.717, 1.165) is 5.75 Å². The molecule has 1 aliphatic heterocycles. The molecule has 0 amide bonds. The van der Waals surface area contributed by atoms with Crippen LogP contribution in [-0.2, 0) is 0 Å². The maximum atomic E-state index is 13.3. The molecule has 0 aliphatic carbocycles. The van der Waals surface area contributed by atoms with Gasteiger partial charge in [-0.15, -0.1) is 11.8 Å². The average molecular weight is 288 g/mol. The summed E-state index contributed by atoms with van der Waals surface area (Å²) in [6.07, 6.45) is 0.622. The van der Waals surface area contributed by atoms with E-state index < -0.39 is 5.82 Å². The van der Waals surface area contributed by atoms with E-state index in [1.165, 1.54) is 22.6 Å². The first-order valence-electron chi connectivity index (χ1n) is 6.36. The van der Waals surface area contributed by atoms with Gasteiger partial charge in [0.2, 0.25) is 0 Å². The molecule has 1 unspecified atom stereocenters. The number of thioether (sulfide) groups is 1. The van der Waals surface area contributed by atoms with Crippen LogP contribution in [0.2, 0.25) is 0 Å². The largest absolute Gasteiger partial charge is 0.493 e. The van der Waals surface area contributed by atoms with Gasteiger partial charge >= 0.3 is 0 Å². The van der Waals surface area contributed by atoms with E-state index in [1.807, 2.05) is 23.9 Å². The molecule has 0 saturated heterocycles. The number of rotatable bonds is 4. The summed E-state index contributed by atoms with van der Waals surface area (Å²) in [6.45, 7) is 0.492. The highest BCUT2D eigenvalue weighted by molar-refractivity contribution is 7.99. The number of ether oxygens (including phenoxy) is 1. The Labute approximate surface area is 121 Å². The molecule has 0 N–H and O–H groups in total. The number of hydrogen-bond donors (Lipinski definition) is 0. The van der Waals surface area contributed by atoms with Crippen LogP contribution in [0.3, 0.4) is 0 Å². The van der Waals surface area contributed by atoms with Crippen molar-refractivity contribution in [2.24, 2.45) is 0 Å². The third-order valence-electron chi connectivity index (χ3n) is 3.28. The Hall–Kier alpha value is -1.81. The summed E-state index contributed by atoms with van der Waals surface area (Å²) in [5.41, 5.74) is 1.57. The highest BCUT2D eigenvalue weighted by atomic mass is 32.2. The van der Waals surface area contributed by atoms with Crippen LogP contribution >= 0.6 is 11.8 Å². The lowest BCUT2D eigenvalue weighted by Crippen LogP contribution is -2.10. The number of benzene rings is 2. The van der Waals surface area contributed by atoms with Crippen LogP contribution in [0.5, 0.6) is 5.75 Å². The van der Waals surface area contributed by atoms with Gasteiger partial charge in [-0.25, -0.2) is 4.39 Å². The van der Waals surface area contributed by atoms with Crippen molar-refractivity contribution in [1.29, 1.82) is 0 Å². The molecule has 1 atom stereocenters. The number of aldehydes is 1. The fourth-order valence-corrected chi connectivity index (χ4v) is 3.53. The fraction of sp³-hybridized carbons (Fsp3) is 0.188. The zero-order valence-electron chi connectivity index (χ0n) is 10.7. The summed E-state index contributed by atoms with van der Waals surface area (Å²) in [5.74, 6) is 1.22. The quantitative estimate of drug-likeness (QED) is 0.798. The van der Waals surface area contributed by atoms with E-state index in [4.69, 9.17) is 4.74 Å². The summed E-state index contributed by atoms with van der Waals surface area (Å²) in [4.78, 5) is 12.0. The maximum absolute atomic E-state index is 13.3. The van der Waals surface area contributed by atoms with Crippen LogP contribution in [0.4, 0.5) is 4.39 Å². The molecule has 3 rings (SSSR count). The second-order valence-corrected chi connectivity index (χ2v) is 5.76. The lowest BCUT2D eigenvalue weighted by atomic mass is 10.0. The van der Waals surface area contributed by atoms with Gasteiger partial charge in [0.1, 0.15) is 17.9 Å². The van der Waals surface area contributed by atoms with Crippen molar-refractivity contribution in [3.05, 3.63) is 59.4 Å². The Morgan fingerprint density at radius 1 is 1.30 bits per heavy atom. The zero-order chi connectivity index (χ0) is 13.9. The number of hydrogen-bond acceptors (Lipinski definition) is 3. The van der Waals surface area contributed by atoms with E-state index in [-0.39, 0.29) is 0 Å². The van der Waals surface area contributed by atoms with E-state index >= 15 is 0 Å². The predicted octanol–water partition coefficient (Wildman–Crippen LogP) is 3.91. The minimum Gasteiger partial charge on any atom is -0.493 e. The first-order valence-corrected chi connectivity index (χ1v) is 7.35. The number of carbonyl (C=O) groups is 1. The van der Waals surface area contributed by atoms with Crippen molar-refractivity contribution in [3.8, 4) is 5.75 Å². The monoisotopic (exact) mass is 288 g/mol. The van der Waals surface area contributed by atoms with Gasteiger partial charge < -0.3 is 4.74 Å². The van der Waals surface area contributed by atoms with Crippen LogP contribution < -0.4 is 4.74 Å². The Morgan fingerprint density at radius 2 is 2.15 bits per heavy atom. The van der Waals surface area contributed by atoms with E-state index in [1.54, 1.807) is 6.07 Å². The van der Waals surface area contributed by atoms with E-state index in [0.29, 0.717) is 30.1 Å². The summed E-state index contributed by atoms with van der Waals surface area (Å²) in [5, 5.41) is 0. The normalized spacial score (nSPS) is 16.8. The molecule has 0 saturated carbocycles. The molecule has 0 radical (unpaired) electrons. The van der Waals surface area contributed by atoms with Gasteiger partial charge in [-0.2, -0.15) is 0 Å². The smallest absolute Gasteiger partial charge is 0.150 e. The molecule has 2 nitrogen and oxygen atoms in total. The highest BCUT2D eigenvalue weighted by Crippen LogP contribution is 2.39. The molecule has 102 valence electrons. The van der Waals surface area contributed by atoms with E-state index in [2.05, 4.69) is 12.1 Å². The van der Waals surface area contributed by atoms with Crippen molar-refractivity contribution in [3.63, 3.8) is 0 Å². The molecule has 0 spiro atoms. The van der Waals surface area contributed by atoms with Gasteiger partial charge in [-0.1, -0.05) is 18.2 Å². The van der Waals surface area contributed by atoms with Gasteiger partial charge in [0, 0.05) is 28.2 Å².